The summed E-state index contributed by atoms with van der Waals surface area (Å²) in [7, 11) is 0. The van der Waals surface area contributed by atoms with Gasteiger partial charge < -0.3 is 0 Å². The summed E-state index contributed by atoms with van der Waals surface area (Å²) in [5, 5.41) is 0. The van der Waals surface area contributed by atoms with Gasteiger partial charge in [0.05, 0.1) is 11.4 Å². The molecule has 0 spiro atoms. The van der Waals surface area contributed by atoms with Crippen molar-refractivity contribution in [2.75, 3.05) is 0 Å². The Morgan fingerprint density at radius 3 is 2.27 bits per heavy atom. The summed E-state index contributed by atoms with van der Waals surface area (Å²) in [5.74, 6) is 0.694. The van der Waals surface area contributed by atoms with Crippen molar-refractivity contribution in [2.45, 2.75) is 52.9 Å². The molecule has 0 radical (unpaired) electrons. The second kappa shape index (κ2) is 4.73. The first-order valence-electron chi connectivity index (χ1n) is 5.75. The number of nitrogens with zero attached hydrogens (tertiary/aromatic N) is 2. The van der Waals surface area contributed by atoms with Gasteiger partial charge >= 0.3 is 0 Å². The lowest BCUT2D eigenvalue weighted by Gasteiger charge is -2.17. The van der Waals surface area contributed by atoms with Crippen LogP contribution in [0.2, 0.25) is 0 Å². The highest BCUT2D eigenvalue weighted by Crippen LogP contribution is 2.19. The van der Waals surface area contributed by atoms with E-state index in [0.717, 1.165) is 17.8 Å². The van der Waals surface area contributed by atoms with Gasteiger partial charge in [-0.3, -0.25) is 9.97 Å². The van der Waals surface area contributed by atoms with E-state index in [0.29, 0.717) is 5.92 Å². The smallest absolute Gasteiger partial charge is 0.0640 e. The van der Waals surface area contributed by atoms with Crippen molar-refractivity contribution in [1.82, 2.24) is 9.97 Å². The molecule has 0 N–H and O–H groups in total. The van der Waals surface area contributed by atoms with Gasteiger partial charge in [0.25, 0.3) is 0 Å². The number of rotatable bonds is 3. The van der Waals surface area contributed by atoms with Gasteiger partial charge in [0.1, 0.15) is 0 Å². The maximum absolute atomic E-state index is 4.47. The molecule has 2 nitrogen and oxygen atoms in total. The molecule has 2 heteroatoms. The highest BCUT2D eigenvalue weighted by Gasteiger charge is 2.15. The minimum atomic E-state index is 0.0991. The van der Waals surface area contributed by atoms with Crippen LogP contribution in [0.15, 0.2) is 12.4 Å². The standard InChI is InChI=1S/C13H22N2/c1-6-10(2)7-11-8-15-12(9-14-11)13(3,4)5/h8-10H,6-7H2,1-5H3. The first-order chi connectivity index (χ1) is 6.93. The Bertz CT molecular complexity index is 295. The normalized spacial score (nSPS) is 13.9. The molecular formula is C13H22N2. The molecule has 0 aliphatic heterocycles. The fourth-order valence-corrected chi connectivity index (χ4v) is 1.35. The Balaban J connectivity index is 2.73. The lowest BCUT2D eigenvalue weighted by atomic mass is 9.92. The van der Waals surface area contributed by atoms with E-state index in [1.807, 2.05) is 12.4 Å². The lowest BCUT2D eigenvalue weighted by molar-refractivity contribution is 0.540. The highest BCUT2D eigenvalue weighted by molar-refractivity contribution is 5.11. The average molecular weight is 206 g/mol. The SMILES string of the molecule is CCC(C)Cc1cnc(C(C)(C)C)cn1. The Hall–Kier alpha value is -0.920. The predicted molar refractivity (Wildman–Crippen MR) is 63.9 cm³/mol. The van der Waals surface area contributed by atoms with E-state index in [9.17, 15) is 0 Å². The molecule has 1 unspecified atom stereocenters. The second-order valence-corrected chi connectivity index (χ2v) is 5.36. The maximum atomic E-state index is 4.47. The van der Waals surface area contributed by atoms with E-state index in [2.05, 4.69) is 44.6 Å². The number of hydrogen-bond donors (Lipinski definition) is 0. The van der Waals surface area contributed by atoms with Gasteiger partial charge in [-0.25, -0.2) is 0 Å². The minimum Gasteiger partial charge on any atom is -0.258 e. The van der Waals surface area contributed by atoms with Crippen molar-refractivity contribution in [1.29, 1.82) is 0 Å². The third-order valence-corrected chi connectivity index (χ3v) is 2.73. The van der Waals surface area contributed by atoms with Gasteiger partial charge in [0.2, 0.25) is 0 Å². The minimum absolute atomic E-state index is 0.0991. The van der Waals surface area contributed by atoms with Gasteiger partial charge in [-0.15, -0.1) is 0 Å². The van der Waals surface area contributed by atoms with Crippen LogP contribution in [0, 0.1) is 5.92 Å². The van der Waals surface area contributed by atoms with Crippen LogP contribution in [0.3, 0.4) is 0 Å². The molecule has 0 aliphatic carbocycles. The van der Waals surface area contributed by atoms with Crippen LogP contribution in [-0.2, 0) is 11.8 Å². The van der Waals surface area contributed by atoms with E-state index < -0.39 is 0 Å². The lowest BCUT2D eigenvalue weighted by Crippen LogP contribution is -2.14. The van der Waals surface area contributed by atoms with Crippen molar-refractivity contribution < 1.29 is 0 Å². The first-order valence-corrected chi connectivity index (χ1v) is 5.75. The average Bonchev–Trinajstić information content (AvgIpc) is 2.17. The summed E-state index contributed by atoms with van der Waals surface area (Å²) in [6, 6.07) is 0. The Kier molecular flexibility index (Phi) is 3.83. The second-order valence-electron chi connectivity index (χ2n) is 5.36. The van der Waals surface area contributed by atoms with Crippen LogP contribution in [0.25, 0.3) is 0 Å². The van der Waals surface area contributed by atoms with Crippen LogP contribution in [-0.4, -0.2) is 9.97 Å². The van der Waals surface area contributed by atoms with Crippen LogP contribution in [0.5, 0.6) is 0 Å². The van der Waals surface area contributed by atoms with E-state index in [1.54, 1.807) is 0 Å². The summed E-state index contributed by atoms with van der Waals surface area (Å²) >= 11 is 0. The Morgan fingerprint density at radius 1 is 1.20 bits per heavy atom. The van der Waals surface area contributed by atoms with Gasteiger partial charge in [-0.1, -0.05) is 41.0 Å². The van der Waals surface area contributed by atoms with E-state index in [1.165, 1.54) is 6.42 Å². The van der Waals surface area contributed by atoms with Crippen LogP contribution >= 0.6 is 0 Å². The molecule has 0 bridgehead atoms. The van der Waals surface area contributed by atoms with Gasteiger partial charge in [-0.05, 0) is 12.3 Å². The summed E-state index contributed by atoms with van der Waals surface area (Å²) in [6.45, 7) is 10.9. The van der Waals surface area contributed by atoms with Crippen molar-refractivity contribution in [2.24, 2.45) is 5.92 Å². The molecule has 1 aromatic heterocycles. The molecule has 0 fully saturated rings. The monoisotopic (exact) mass is 206 g/mol. The molecule has 0 amide bonds. The van der Waals surface area contributed by atoms with Gasteiger partial charge in [-0.2, -0.15) is 0 Å². The van der Waals surface area contributed by atoms with Crippen molar-refractivity contribution in [3.8, 4) is 0 Å². The van der Waals surface area contributed by atoms with E-state index in [4.69, 9.17) is 0 Å². The molecule has 0 aliphatic rings. The summed E-state index contributed by atoms with van der Waals surface area (Å²) in [5.41, 5.74) is 2.27. The number of hydrogen-bond acceptors (Lipinski definition) is 2. The predicted octanol–water partition coefficient (Wildman–Crippen LogP) is 3.36. The molecule has 15 heavy (non-hydrogen) atoms. The molecule has 1 atom stereocenters. The summed E-state index contributed by atoms with van der Waals surface area (Å²) < 4.78 is 0. The fourth-order valence-electron chi connectivity index (χ4n) is 1.35. The largest absolute Gasteiger partial charge is 0.258 e. The van der Waals surface area contributed by atoms with Crippen molar-refractivity contribution in [3.05, 3.63) is 23.8 Å². The molecule has 0 saturated carbocycles. The van der Waals surface area contributed by atoms with Crippen LogP contribution < -0.4 is 0 Å². The quantitative estimate of drug-likeness (QED) is 0.758. The van der Waals surface area contributed by atoms with E-state index >= 15 is 0 Å². The first kappa shape index (κ1) is 12.2. The summed E-state index contributed by atoms with van der Waals surface area (Å²) in [4.78, 5) is 8.95. The zero-order valence-corrected chi connectivity index (χ0v) is 10.5. The van der Waals surface area contributed by atoms with Crippen molar-refractivity contribution in [3.63, 3.8) is 0 Å². The Morgan fingerprint density at radius 2 is 1.87 bits per heavy atom. The molecule has 84 valence electrons. The van der Waals surface area contributed by atoms with E-state index in [-0.39, 0.29) is 5.41 Å². The molecule has 0 saturated heterocycles. The van der Waals surface area contributed by atoms with Crippen LogP contribution in [0.1, 0.15) is 52.4 Å². The van der Waals surface area contributed by atoms with Crippen molar-refractivity contribution >= 4 is 0 Å². The fraction of sp³-hybridized carbons (Fsp3) is 0.692. The Labute approximate surface area is 93.2 Å². The molecular weight excluding hydrogens is 184 g/mol. The highest BCUT2D eigenvalue weighted by atomic mass is 14.8. The molecule has 1 aromatic rings. The zero-order chi connectivity index (χ0) is 11.5. The summed E-state index contributed by atoms with van der Waals surface area (Å²) in [6.07, 6.45) is 6.07. The number of aromatic nitrogens is 2. The van der Waals surface area contributed by atoms with Gasteiger partial charge in [0.15, 0.2) is 0 Å². The molecule has 1 rings (SSSR count). The molecule has 0 aromatic carbocycles. The topological polar surface area (TPSA) is 25.8 Å². The third kappa shape index (κ3) is 3.61. The molecule has 1 heterocycles. The van der Waals surface area contributed by atoms with Crippen LogP contribution in [0.4, 0.5) is 0 Å². The zero-order valence-electron chi connectivity index (χ0n) is 10.5. The third-order valence-electron chi connectivity index (χ3n) is 2.73. The maximum Gasteiger partial charge on any atom is 0.0640 e. The van der Waals surface area contributed by atoms with Gasteiger partial charge in [0, 0.05) is 17.8 Å².